The molecule has 0 radical (unpaired) electrons. The van der Waals surface area contributed by atoms with Crippen molar-refractivity contribution < 1.29 is 8.42 Å². The molecule has 4 nitrogen and oxygen atoms in total. The first-order valence-electron chi connectivity index (χ1n) is 7.16. The summed E-state index contributed by atoms with van der Waals surface area (Å²) in [6.45, 7) is 3.68. The average molecular weight is 396 g/mol. The smallest absolute Gasteiger partial charge is 0.240 e. The summed E-state index contributed by atoms with van der Waals surface area (Å²) in [6.07, 6.45) is 4.65. The Labute approximate surface area is 140 Å². The fraction of sp³-hybridized carbons (Fsp3) is 0.571. The van der Waals surface area contributed by atoms with Gasteiger partial charge in [-0.05, 0) is 73.0 Å². The minimum absolute atomic E-state index is 0.233. The molecule has 1 fully saturated rings. The van der Waals surface area contributed by atoms with Crippen LogP contribution in [0.1, 0.15) is 25.7 Å². The van der Waals surface area contributed by atoms with E-state index in [9.17, 15) is 8.42 Å². The Kier molecular flexibility index (Phi) is 6.50. The monoisotopic (exact) mass is 394 g/mol. The van der Waals surface area contributed by atoms with Gasteiger partial charge in [-0.1, -0.05) is 18.0 Å². The number of benzene rings is 1. The summed E-state index contributed by atoms with van der Waals surface area (Å²) in [5.41, 5.74) is 0. The first-order valence-corrected chi connectivity index (χ1v) is 9.81. The predicted octanol–water partition coefficient (Wildman–Crippen LogP) is 3.26. The largest absolute Gasteiger partial charge is 0.303 e. The fourth-order valence-electron chi connectivity index (χ4n) is 2.42. The molecule has 1 aromatic carbocycles. The zero-order valence-corrected chi connectivity index (χ0v) is 15.0. The van der Waals surface area contributed by atoms with Gasteiger partial charge in [0.05, 0.1) is 9.92 Å². The third-order valence-electron chi connectivity index (χ3n) is 3.59. The van der Waals surface area contributed by atoms with Crippen LogP contribution in [0.25, 0.3) is 0 Å². The molecule has 118 valence electrons. The maximum atomic E-state index is 12.2. The Morgan fingerprint density at radius 3 is 2.62 bits per heavy atom. The lowest BCUT2D eigenvalue weighted by atomic mass is 10.1. The molecule has 0 bridgehead atoms. The average Bonchev–Trinajstić information content (AvgIpc) is 2.47. The van der Waals surface area contributed by atoms with Crippen LogP contribution in [0, 0.1) is 0 Å². The van der Waals surface area contributed by atoms with Gasteiger partial charge in [-0.3, -0.25) is 0 Å². The molecule has 7 heteroatoms. The second kappa shape index (κ2) is 7.92. The van der Waals surface area contributed by atoms with Gasteiger partial charge in [-0.15, -0.1) is 0 Å². The van der Waals surface area contributed by atoms with Crippen LogP contribution >= 0.6 is 27.5 Å². The zero-order valence-electron chi connectivity index (χ0n) is 11.8. The minimum Gasteiger partial charge on any atom is -0.303 e. The number of nitrogens with one attached hydrogen (secondary N) is 1. The van der Waals surface area contributed by atoms with E-state index >= 15 is 0 Å². The van der Waals surface area contributed by atoms with Crippen LogP contribution in [0.2, 0.25) is 5.02 Å². The van der Waals surface area contributed by atoms with Crippen LogP contribution in [0.15, 0.2) is 27.6 Å². The number of nitrogens with zero attached hydrogens (tertiary/aromatic N) is 1. The van der Waals surface area contributed by atoms with E-state index in [0.29, 0.717) is 16.0 Å². The molecule has 0 amide bonds. The molecule has 1 heterocycles. The van der Waals surface area contributed by atoms with E-state index in [0.717, 1.165) is 26.1 Å². The first-order chi connectivity index (χ1) is 9.99. The summed E-state index contributed by atoms with van der Waals surface area (Å²) in [4.78, 5) is 2.63. The topological polar surface area (TPSA) is 49.4 Å². The van der Waals surface area contributed by atoms with Crippen molar-refractivity contribution in [2.45, 2.75) is 30.6 Å². The number of hydrogen-bond acceptors (Lipinski definition) is 3. The second-order valence-corrected chi connectivity index (χ2v) is 8.26. The maximum absolute atomic E-state index is 12.2. The van der Waals surface area contributed by atoms with Crippen LogP contribution in [-0.4, -0.2) is 39.5 Å². The van der Waals surface area contributed by atoms with E-state index in [2.05, 4.69) is 25.6 Å². The van der Waals surface area contributed by atoms with Gasteiger partial charge in [0, 0.05) is 11.0 Å². The highest BCUT2D eigenvalue weighted by Crippen LogP contribution is 2.25. The predicted molar refractivity (Wildman–Crippen MR) is 89.2 cm³/mol. The van der Waals surface area contributed by atoms with Crippen LogP contribution in [-0.2, 0) is 10.0 Å². The number of halogens is 2. The van der Waals surface area contributed by atoms with Gasteiger partial charge in [0.25, 0.3) is 0 Å². The SMILES string of the molecule is O=S(=O)(NCCCN1CCCCC1)c1ccc(Cl)c(Br)c1. The van der Waals surface area contributed by atoms with Gasteiger partial charge in [0.1, 0.15) is 0 Å². The Balaban J connectivity index is 1.82. The summed E-state index contributed by atoms with van der Waals surface area (Å²) >= 11 is 9.12. The summed E-state index contributed by atoms with van der Waals surface area (Å²) in [6, 6.07) is 4.61. The van der Waals surface area contributed by atoms with Gasteiger partial charge >= 0.3 is 0 Å². The highest BCUT2D eigenvalue weighted by molar-refractivity contribution is 9.10. The third kappa shape index (κ3) is 5.21. The Bertz CT molecular complexity index is 574. The maximum Gasteiger partial charge on any atom is 0.240 e. The van der Waals surface area contributed by atoms with Crippen LogP contribution < -0.4 is 4.72 Å². The normalized spacial score (nSPS) is 17.0. The standard InChI is InChI=1S/C14H20BrClN2O2S/c15-13-11-12(5-6-14(13)16)21(19,20)17-7-4-10-18-8-2-1-3-9-18/h5-6,11,17H,1-4,7-10H2. The molecule has 2 rings (SSSR count). The molecule has 1 aliphatic rings. The van der Waals surface area contributed by atoms with Gasteiger partial charge in [0.2, 0.25) is 10.0 Å². The second-order valence-electron chi connectivity index (χ2n) is 5.23. The molecule has 1 saturated heterocycles. The van der Waals surface area contributed by atoms with E-state index < -0.39 is 10.0 Å². The molecule has 0 saturated carbocycles. The van der Waals surface area contributed by atoms with E-state index in [4.69, 9.17) is 11.6 Å². The lowest BCUT2D eigenvalue weighted by Gasteiger charge is -2.26. The van der Waals surface area contributed by atoms with Crippen molar-refractivity contribution in [3.8, 4) is 0 Å². The van der Waals surface area contributed by atoms with E-state index in [1.807, 2.05) is 0 Å². The highest BCUT2D eigenvalue weighted by Gasteiger charge is 2.15. The lowest BCUT2D eigenvalue weighted by Crippen LogP contribution is -2.33. The van der Waals surface area contributed by atoms with Crippen LogP contribution in [0.4, 0.5) is 0 Å². The molecule has 1 N–H and O–H groups in total. The molecular formula is C14H20BrClN2O2S. The van der Waals surface area contributed by atoms with Crippen LogP contribution in [0.5, 0.6) is 0 Å². The molecule has 21 heavy (non-hydrogen) atoms. The van der Waals surface area contributed by atoms with Crippen molar-refractivity contribution in [1.82, 2.24) is 9.62 Å². The molecular weight excluding hydrogens is 376 g/mol. The first kappa shape index (κ1) is 17.2. The molecule has 0 atom stereocenters. The number of rotatable bonds is 6. The van der Waals surface area contributed by atoms with E-state index in [1.165, 1.54) is 31.4 Å². The third-order valence-corrected chi connectivity index (χ3v) is 6.27. The van der Waals surface area contributed by atoms with Crippen molar-refractivity contribution >= 4 is 37.6 Å². The summed E-state index contributed by atoms with van der Waals surface area (Å²) in [5, 5.41) is 0.499. The summed E-state index contributed by atoms with van der Waals surface area (Å²) in [5.74, 6) is 0. The lowest BCUT2D eigenvalue weighted by molar-refractivity contribution is 0.227. The molecule has 1 aliphatic heterocycles. The van der Waals surface area contributed by atoms with Crippen molar-refractivity contribution in [1.29, 1.82) is 0 Å². The van der Waals surface area contributed by atoms with Crippen molar-refractivity contribution in [3.63, 3.8) is 0 Å². The van der Waals surface area contributed by atoms with Gasteiger partial charge in [-0.2, -0.15) is 0 Å². The molecule has 0 spiro atoms. The molecule has 0 aromatic heterocycles. The molecule has 0 unspecified atom stereocenters. The van der Waals surface area contributed by atoms with Crippen molar-refractivity contribution in [3.05, 3.63) is 27.7 Å². The Morgan fingerprint density at radius 1 is 1.24 bits per heavy atom. The van der Waals surface area contributed by atoms with E-state index in [-0.39, 0.29) is 4.90 Å². The van der Waals surface area contributed by atoms with Crippen molar-refractivity contribution in [2.75, 3.05) is 26.2 Å². The highest BCUT2D eigenvalue weighted by atomic mass is 79.9. The van der Waals surface area contributed by atoms with Crippen molar-refractivity contribution in [2.24, 2.45) is 0 Å². The minimum atomic E-state index is -3.46. The summed E-state index contributed by atoms with van der Waals surface area (Å²) in [7, 11) is -3.46. The summed E-state index contributed by atoms with van der Waals surface area (Å²) < 4.78 is 27.5. The van der Waals surface area contributed by atoms with E-state index in [1.54, 1.807) is 6.07 Å². The van der Waals surface area contributed by atoms with Crippen LogP contribution in [0.3, 0.4) is 0 Å². The number of hydrogen-bond donors (Lipinski definition) is 1. The quantitative estimate of drug-likeness (QED) is 0.752. The van der Waals surface area contributed by atoms with Gasteiger partial charge in [-0.25, -0.2) is 13.1 Å². The fourth-order valence-corrected chi connectivity index (χ4v) is 4.17. The number of piperidine rings is 1. The number of likely N-dealkylation sites (tertiary alicyclic amines) is 1. The Morgan fingerprint density at radius 2 is 1.95 bits per heavy atom. The number of sulfonamides is 1. The van der Waals surface area contributed by atoms with Gasteiger partial charge in [0.15, 0.2) is 0 Å². The van der Waals surface area contributed by atoms with Gasteiger partial charge < -0.3 is 4.90 Å². The molecule has 0 aliphatic carbocycles. The zero-order chi connectivity index (χ0) is 15.3. The Hall–Kier alpha value is -0.140. The molecule has 1 aromatic rings.